The van der Waals surface area contributed by atoms with E-state index in [9.17, 15) is 4.79 Å². The summed E-state index contributed by atoms with van der Waals surface area (Å²) in [5, 5.41) is 2.19. The van der Waals surface area contributed by atoms with E-state index in [2.05, 4.69) is 19.1 Å². The van der Waals surface area contributed by atoms with Crippen molar-refractivity contribution >= 4 is 28.5 Å². The Bertz CT molecular complexity index is 843. The van der Waals surface area contributed by atoms with E-state index in [1.54, 1.807) is 0 Å². The number of rotatable bonds is 7. The standard InChI is InChI=1S/C22H22O2S/c1-2-3-9-16-25-21-15-14-20(18-12-7-8-13-19(18)21)24-22(23)17-10-5-4-6-11-17/h4-8,10-15H,2-3,9,16H2,1H3/p+1. The zero-order chi connectivity index (χ0) is 17.5. The molecule has 0 saturated carbocycles. The summed E-state index contributed by atoms with van der Waals surface area (Å²) in [5.41, 5.74) is 0.671. The van der Waals surface area contributed by atoms with Crippen LogP contribution in [-0.2, 0) is 0 Å². The highest BCUT2D eigenvalue weighted by atomic mass is 32.2. The van der Waals surface area contributed by atoms with Crippen molar-refractivity contribution in [1.82, 2.24) is 0 Å². The molecule has 0 spiro atoms. The van der Waals surface area contributed by atoms with Gasteiger partial charge >= 0.3 is 5.97 Å². The molecule has 3 aromatic rings. The Balaban J connectivity index is 1.84. The Hall–Kier alpha value is -2.26. The topological polar surface area (TPSA) is 30.6 Å². The van der Waals surface area contributed by atoms with Crippen molar-refractivity contribution < 1.29 is 9.53 Å². The zero-order valence-electron chi connectivity index (χ0n) is 14.4. The van der Waals surface area contributed by atoms with Crippen LogP contribution in [0.2, 0.25) is 0 Å². The quantitative estimate of drug-likeness (QED) is 0.170. The molecule has 0 aliphatic carbocycles. The molecule has 0 radical (unpaired) electrons. The van der Waals surface area contributed by atoms with Gasteiger partial charge in [0.2, 0.25) is 0 Å². The van der Waals surface area contributed by atoms with Crippen molar-refractivity contribution in [1.29, 1.82) is 0 Å². The molecule has 0 aromatic heterocycles. The van der Waals surface area contributed by atoms with E-state index in [4.69, 9.17) is 4.74 Å². The molecule has 0 unspecified atom stereocenters. The highest BCUT2D eigenvalue weighted by Gasteiger charge is 2.20. The lowest BCUT2D eigenvalue weighted by Gasteiger charge is -2.07. The van der Waals surface area contributed by atoms with Crippen LogP contribution in [0.3, 0.4) is 0 Å². The van der Waals surface area contributed by atoms with Gasteiger partial charge in [0, 0.05) is 16.3 Å². The third-order valence-electron chi connectivity index (χ3n) is 4.08. The van der Waals surface area contributed by atoms with E-state index in [1.807, 2.05) is 66.4 Å². The van der Waals surface area contributed by atoms with Gasteiger partial charge in [0.15, 0.2) is 0 Å². The SMILES string of the molecule is CCCCCSc1ccc(OC(=[OH+])c2ccccc2)c2ccccc12. The van der Waals surface area contributed by atoms with Crippen molar-refractivity contribution in [3.05, 3.63) is 72.3 Å². The van der Waals surface area contributed by atoms with Crippen LogP contribution in [-0.4, -0.2) is 16.5 Å². The number of carbonyl (C=O) groups excluding carboxylic acids is 1. The molecular formula is C22H23O2S+. The lowest BCUT2D eigenvalue weighted by Crippen LogP contribution is -2.10. The van der Waals surface area contributed by atoms with Crippen molar-refractivity contribution in [2.45, 2.75) is 31.1 Å². The van der Waals surface area contributed by atoms with Crippen LogP contribution in [0.4, 0.5) is 0 Å². The molecular weight excluding hydrogens is 328 g/mol. The first kappa shape index (κ1) is 17.6. The average molecular weight is 351 g/mol. The van der Waals surface area contributed by atoms with Crippen LogP contribution in [0.15, 0.2) is 71.6 Å². The Morgan fingerprint density at radius 1 is 0.880 bits per heavy atom. The number of ether oxygens (including phenoxy) is 1. The van der Waals surface area contributed by atoms with Crippen molar-refractivity contribution in [2.75, 3.05) is 5.75 Å². The predicted molar refractivity (Wildman–Crippen MR) is 107 cm³/mol. The molecule has 0 bridgehead atoms. The molecule has 0 heterocycles. The molecule has 1 N–H and O–H groups in total. The van der Waals surface area contributed by atoms with Gasteiger partial charge in [0.1, 0.15) is 5.56 Å². The molecule has 0 atom stereocenters. The monoisotopic (exact) mass is 351 g/mol. The van der Waals surface area contributed by atoms with E-state index in [0.717, 1.165) is 11.1 Å². The number of unbranched alkanes of at least 4 members (excludes halogenated alkanes) is 2. The van der Waals surface area contributed by atoms with Gasteiger partial charge < -0.3 is 4.79 Å². The Kier molecular flexibility index (Phi) is 6.13. The highest BCUT2D eigenvalue weighted by molar-refractivity contribution is 7.99. The fourth-order valence-electron chi connectivity index (χ4n) is 2.74. The Morgan fingerprint density at radius 3 is 2.36 bits per heavy atom. The molecule has 0 aliphatic heterocycles. The molecule has 0 fully saturated rings. The number of esters is 1. The third-order valence-corrected chi connectivity index (χ3v) is 5.24. The van der Waals surface area contributed by atoms with Crippen LogP contribution in [0.25, 0.3) is 10.8 Å². The smallest absolute Gasteiger partial charge is 0.335 e. The maximum Gasteiger partial charge on any atom is 0.523 e. The summed E-state index contributed by atoms with van der Waals surface area (Å²) in [6.45, 7) is 2.22. The molecule has 0 saturated heterocycles. The van der Waals surface area contributed by atoms with Gasteiger partial charge in [-0.3, -0.25) is 4.74 Å². The fourth-order valence-corrected chi connectivity index (χ4v) is 3.80. The Labute approximate surface area is 153 Å². The number of hydrogen-bond acceptors (Lipinski definition) is 2. The summed E-state index contributed by atoms with van der Waals surface area (Å²) < 4.78 is 5.77. The normalized spacial score (nSPS) is 10.8. The van der Waals surface area contributed by atoms with Crippen molar-refractivity contribution in [2.24, 2.45) is 0 Å². The number of benzene rings is 3. The molecule has 3 aromatic carbocycles. The summed E-state index contributed by atoms with van der Waals surface area (Å²) in [5.74, 6) is 1.73. The minimum absolute atomic E-state index is 0.0749. The second kappa shape index (κ2) is 8.72. The molecule has 0 aliphatic rings. The molecule has 2 nitrogen and oxygen atoms in total. The van der Waals surface area contributed by atoms with Crippen LogP contribution in [0.1, 0.15) is 31.7 Å². The third kappa shape index (κ3) is 4.43. The van der Waals surface area contributed by atoms with Crippen LogP contribution in [0, 0.1) is 0 Å². The van der Waals surface area contributed by atoms with E-state index in [-0.39, 0.29) is 5.97 Å². The maximum absolute atomic E-state index is 10.3. The first-order chi connectivity index (χ1) is 12.3. The lowest BCUT2D eigenvalue weighted by molar-refractivity contribution is 0.473. The lowest BCUT2D eigenvalue weighted by atomic mass is 10.1. The second-order valence-electron chi connectivity index (χ2n) is 5.94. The molecule has 3 heteroatoms. The average Bonchev–Trinajstić information content (AvgIpc) is 2.67. The number of hydrogen-bond donors (Lipinski definition) is 0. The van der Waals surface area contributed by atoms with Crippen molar-refractivity contribution in [3.8, 4) is 5.75 Å². The molecule has 0 amide bonds. The summed E-state index contributed by atoms with van der Waals surface area (Å²) in [4.78, 5) is 11.6. The first-order valence-corrected chi connectivity index (χ1v) is 9.72. The maximum atomic E-state index is 10.3. The minimum atomic E-state index is -0.0749. The summed E-state index contributed by atoms with van der Waals surface area (Å²) in [6.07, 6.45) is 3.74. The van der Waals surface area contributed by atoms with Gasteiger partial charge in [-0.05, 0) is 36.4 Å². The first-order valence-electron chi connectivity index (χ1n) is 8.73. The largest absolute Gasteiger partial charge is 0.523 e. The van der Waals surface area contributed by atoms with Crippen LogP contribution in [0.5, 0.6) is 5.75 Å². The van der Waals surface area contributed by atoms with Gasteiger partial charge in [0.25, 0.3) is 5.75 Å². The van der Waals surface area contributed by atoms with E-state index in [0.29, 0.717) is 11.3 Å². The Morgan fingerprint density at radius 2 is 1.60 bits per heavy atom. The molecule has 128 valence electrons. The fraction of sp³-hybridized carbons (Fsp3) is 0.227. The summed E-state index contributed by atoms with van der Waals surface area (Å²) >= 11 is 1.89. The predicted octanol–water partition coefficient (Wildman–Crippen LogP) is 6.05. The van der Waals surface area contributed by atoms with Crippen LogP contribution < -0.4 is 4.74 Å². The second-order valence-corrected chi connectivity index (χ2v) is 7.07. The van der Waals surface area contributed by atoms with Gasteiger partial charge in [-0.25, -0.2) is 0 Å². The van der Waals surface area contributed by atoms with Gasteiger partial charge in [-0.2, -0.15) is 0 Å². The van der Waals surface area contributed by atoms with Crippen molar-refractivity contribution in [3.63, 3.8) is 0 Å². The van der Waals surface area contributed by atoms with Gasteiger partial charge in [0.05, 0.1) is 5.39 Å². The molecule has 25 heavy (non-hydrogen) atoms. The number of fused-ring (bicyclic) bond motifs is 1. The van der Waals surface area contributed by atoms with E-state index >= 15 is 0 Å². The van der Waals surface area contributed by atoms with E-state index < -0.39 is 0 Å². The summed E-state index contributed by atoms with van der Waals surface area (Å²) in [7, 11) is 0. The van der Waals surface area contributed by atoms with Gasteiger partial charge in [-0.1, -0.05) is 56.2 Å². The summed E-state index contributed by atoms with van der Waals surface area (Å²) in [6, 6.07) is 21.6. The van der Waals surface area contributed by atoms with E-state index in [1.165, 1.54) is 29.5 Å². The molecule has 3 rings (SSSR count). The van der Waals surface area contributed by atoms with Crippen LogP contribution >= 0.6 is 11.8 Å². The highest BCUT2D eigenvalue weighted by Crippen LogP contribution is 2.34. The van der Waals surface area contributed by atoms with Gasteiger partial charge in [-0.15, -0.1) is 11.8 Å². The zero-order valence-corrected chi connectivity index (χ0v) is 15.3. The number of thioether (sulfide) groups is 1. The minimum Gasteiger partial charge on any atom is -0.335 e.